The van der Waals surface area contributed by atoms with E-state index in [-0.39, 0.29) is 6.04 Å². The van der Waals surface area contributed by atoms with Crippen molar-refractivity contribution in [3.63, 3.8) is 0 Å². The van der Waals surface area contributed by atoms with Gasteiger partial charge in [0, 0.05) is 12.5 Å². The molecule has 1 saturated heterocycles. The highest BCUT2D eigenvalue weighted by Gasteiger charge is 2.36. The van der Waals surface area contributed by atoms with E-state index in [1.54, 1.807) is 0 Å². The summed E-state index contributed by atoms with van der Waals surface area (Å²) in [5.74, 6) is 1.31. The van der Waals surface area contributed by atoms with Crippen LogP contribution in [0.25, 0.3) is 0 Å². The van der Waals surface area contributed by atoms with E-state index < -0.39 is 0 Å². The Morgan fingerprint density at radius 1 is 1.25 bits per heavy atom. The molecule has 1 aliphatic heterocycles. The number of Topliss-reactive ketones (excluding diaryl/α,β-unsaturated/α-hetero) is 1. The molecule has 2 rings (SSSR count). The summed E-state index contributed by atoms with van der Waals surface area (Å²) in [7, 11) is 0. The monoisotopic (exact) mass is 223 g/mol. The van der Waals surface area contributed by atoms with Gasteiger partial charge in [0.25, 0.3) is 0 Å². The molecule has 1 saturated carbocycles. The lowest BCUT2D eigenvalue weighted by atomic mass is 9.77. The fourth-order valence-electron chi connectivity index (χ4n) is 3.62. The van der Waals surface area contributed by atoms with E-state index in [0.717, 1.165) is 12.5 Å². The molecule has 1 unspecified atom stereocenters. The first-order valence-corrected chi connectivity index (χ1v) is 7.02. The number of rotatable bonds is 3. The van der Waals surface area contributed by atoms with Gasteiger partial charge in [0.05, 0.1) is 6.04 Å². The normalized spacial score (nSPS) is 33.1. The van der Waals surface area contributed by atoms with E-state index in [1.807, 2.05) is 6.92 Å². The Balaban J connectivity index is 2.04. The summed E-state index contributed by atoms with van der Waals surface area (Å²) in [5.41, 5.74) is 0. The summed E-state index contributed by atoms with van der Waals surface area (Å²) in [5, 5.41) is 0. The molecule has 1 aliphatic carbocycles. The van der Waals surface area contributed by atoms with Crippen LogP contribution in [-0.4, -0.2) is 29.3 Å². The number of fused-ring (bicyclic) bond motifs is 1. The van der Waals surface area contributed by atoms with E-state index in [0.29, 0.717) is 18.2 Å². The van der Waals surface area contributed by atoms with Crippen LogP contribution in [0.5, 0.6) is 0 Å². The smallest absolute Gasteiger partial charge is 0.149 e. The Hall–Kier alpha value is -0.370. The standard InChI is InChI=1S/C14H25NO/c1-3-14(16)11(2)15-10-6-8-12-7-4-5-9-13(12)15/h11-13H,3-10H2,1-2H3/t11?,12-,13-/m1/s1. The molecule has 3 atom stereocenters. The topological polar surface area (TPSA) is 20.3 Å². The lowest BCUT2D eigenvalue weighted by Crippen LogP contribution is -2.52. The van der Waals surface area contributed by atoms with E-state index in [9.17, 15) is 4.79 Å². The largest absolute Gasteiger partial charge is 0.298 e. The Labute approximate surface area is 99.4 Å². The Morgan fingerprint density at radius 2 is 1.94 bits per heavy atom. The van der Waals surface area contributed by atoms with Crippen LogP contribution in [0.4, 0.5) is 0 Å². The molecule has 92 valence electrons. The number of ketones is 1. The van der Waals surface area contributed by atoms with Crippen molar-refractivity contribution in [3.8, 4) is 0 Å². The van der Waals surface area contributed by atoms with E-state index >= 15 is 0 Å². The van der Waals surface area contributed by atoms with Gasteiger partial charge in [-0.2, -0.15) is 0 Å². The molecule has 0 spiro atoms. The van der Waals surface area contributed by atoms with Crippen LogP contribution in [0.1, 0.15) is 58.8 Å². The van der Waals surface area contributed by atoms with Crippen LogP contribution in [-0.2, 0) is 4.79 Å². The minimum atomic E-state index is 0.163. The highest BCUT2D eigenvalue weighted by molar-refractivity contribution is 5.83. The number of carbonyl (C=O) groups is 1. The Bertz CT molecular complexity index is 249. The first-order chi connectivity index (χ1) is 7.74. The van der Waals surface area contributed by atoms with Crippen LogP contribution in [0.3, 0.4) is 0 Å². The molecule has 16 heavy (non-hydrogen) atoms. The lowest BCUT2D eigenvalue weighted by Gasteiger charge is -2.46. The van der Waals surface area contributed by atoms with Crippen molar-refractivity contribution >= 4 is 5.78 Å². The minimum Gasteiger partial charge on any atom is -0.298 e. The summed E-state index contributed by atoms with van der Waals surface area (Å²) in [6, 6.07) is 0.879. The van der Waals surface area contributed by atoms with Gasteiger partial charge in [-0.1, -0.05) is 19.8 Å². The summed E-state index contributed by atoms with van der Waals surface area (Å²) < 4.78 is 0. The number of nitrogens with zero attached hydrogens (tertiary/aromatic N) is 1. The molecule has 2 nitrogen and oxygen atoms in total. The zero-order chi connectivity index (χ0) is 11.5. The van der Waals surface area contributed by atoms with Crippen LogP contribution in [0.15, 0.2) is 0 Å². The fraction of sp³-hybridized carbons (Fsp3) is 0.929. The van der Waals surface area contributed by atoms with Crippen molar-refractivity contribution < 1.29 is 4.79 Å². The molecule has 0 aromatic rings. The Morgan fingerprint density at radius 3 is 2.69 bits per heavy atom. The van der Waals surface area contributed by atoms with Crippen LogP contribution in [0, 0.1) is 5.92 Å². The molecule has 2 aliphatic rings. The zero-order valence-corrected chi connectivity index (χ0v) is 10.7. The van der Waals surface area contributed by atoms with Crippen molar-refractivity contribution in [3.05, 3.63) is 0 Å². The fourth-order valence-corrected chi connectivity index (χ4v) is 3.62. The first-order valence-electron chi connectivity index (χ1n) is 7.02. The first kappa shape index (κ1) is 12.1. The highest BCUT2D eigenvalue weighted by atomic mass is 16.1. The molecule has 2 fully saturated rings. The van der Waals surface area contributed by atoms with Gasteiger partial charge in [-0.15, -0.1) is 0 Å². The van der Waals surface area contributed by atoms with Gasteiger partial charge in [-0.3, -0.25) is 9.69 Å². The van der Waals surface area contributed by atoms with Gasteiger partial charge in [-0.05, 0) is 45.1 Å². The molecule has 0 bridgehead atoms. The van der Waals surface area contributed by atoms with E-state index in [2.05, 4.69) is 11.8 Å². The number of hydrogen-bond acceptors (Lipinski definition) is 2. The number of piperidine rings is 1. The predicted octanol–water partition coefficient (Wildman–Crippen LogP) is 3.01. The number of likely N-dealkylation sites (tertiary alicyclic amines) is 1. The molecule has 1 heterocycles. The van der Waals surface area contributed by atoms with Gasteiger partial charge in [0.15, 0.2) is 0 Å². The predicted molar refractivity (Wildman–Crippen MR) is 66.4 cm³/mol. The second-order valence-electron chi connectivity index (χ2n) is 5.49. The second kappa shape index (κ2) is 5.31. The highest BCUT2D eigenvalue weighted by Crippen LogP contribution is 2.36. The van der Waals surface area contributed by atoms with Gasteiger partial charge in [-0.25, -0.2) is 0 Å². The number of carbonyl (C=O) groups excluding carboxylic acids is 1. The second-order valence-corrected chi connectivity index (χ2v) is 5.49. The van der Waals surface area contributed by atoms with Crippen molar-refractivity contribution in [2.75, 3.05) is 6.54 Å². The Kier molecular flexibility index (Phi) is 4.01. The molecule has 0 aromatic heterocycles. The molecule has 2 heteroatoms. The summed E-state index contributed by atoms with van der Waals surface area (Å²) in [6.07, 6.45) is 8.88. The maximum atomic E-state index is 11.8. The third-order valence-corrected chi connectivity index (χ3v) is 4.60. The van der Waals surface area contributed by atoms with Crippen molar-refractivity contribution in [2.24, 2.45) is 5.92 Å². The molecular weight excluding hydrogens is 198 g/mol. The van der Waals surface area contributed by atoms with Crippen molar-refractivity contribution in [2.45, 2.75) is 70.9 Å². The minimum absolute atomic E-state index is 0.163. The molecule has 0 N–H and O–H groups in total. The van der Waals surface area contributed by atoms with Crippen LogP contribution >= 0.6 is 0 Å². The zero-order valence-electron chi connectivity index (χ0n) is 10.7. The van der Waals surface area contributed by atoms with E-state index in [1.165, 1.54) is 38.5 Å². The van der Waals surface area contributed by atoms with Gasteiger partial charge < -0.3 is 0 Å². The van der Waals surface area contributed by atoms with Crippen molar-refractivity contribution in [1.29, 1.82) is 0 Å². The summed E-state index contributed by atoms with van der Waals surface area (Å²) in [4.78, 5) is 14.4. The number of hydrogen-bond donors (Lipinski definition) is 0. The summed E-state index contributed by atoms with van der Waals surface area (Å²) >= 11 is 0. The van der Waals surface area contributed by atoms with Crippen LogP contribution in [0.2, 0.25) is 0 Å². The molecule has 0 aromatic carbocycles. The molecule has 0 amide bonds. The third-order valence-electron chi connectivity index (χ3n) is 4.60. The average molecular weight is 223 g/mol. The summed E-state index contributed by atoms with van der Waals surface area (Å²) in [6.45, 7) is 5.25. The maximum Gasteiger partial charge on any atom is 0.149 e. The lowest BCUT2D eigenvalue weighted by molar-refractivity contribution is -0.126. The van der Waals surface area contributed by atoms with Crippen molar-refractivity contribution in [1.82, 2.24) is 4.90 Å². The average Bonchev–Trinajstić information content (AvgIpc) is 2.36. The van der Waals surface area contributed by atoms with Crippen LogP contribution < -0.4 is 0 Å². The van der Waals surface area contributed by atoms with E-state index in [4.69, 9.17) is 0 Å². The van der Waals surface area contributed by atoms with Gasteiger partial charge >= 0.3 is 0 Å². The molecule has 0 radical (unpaired) electrons. The molecular formula is C14H25NO. The third kappa shape index (κ3) is 2.32. The quantitative estimate of drug-likeness (QED) is 0.733. The maximum absolute atomic E-state index is 11.8. The van der Waals surface area contributed by atoms with Gasteiger partial charge in [0.2, 0.25) is 0 Å². The SMILES string of the molecule is CCC(=O)C(C)N1CCC[C@H]2CCCC[C@H]21. The van der Waals surface area contributed by atoms with Gasteiger partial charge in [0.1, 0.15) is 5.78 Å².